The Morgan fingerprint density at radius 2 is 1.84 bits per heavy atom. The van der Waals surface area contributed by atoms with Crippen LogP contribution >= 0.6 is 23.4 Å². The van der Waals surface area contributed by atoms with Gasteiger partial charge in [-0.15, -0.1) is 0 Å². The SMILES string of the molecule is CCC(C)(C)OCCC[C@]1(O)c2ccccc2Sc2ccc(Cl)cc21. The van der Waals surface area contributed by atoms with Crippen LogP contribution in [0.1, 0.15) is 51.2 Å². The van der Waals surface area contributed by atoms with Gasteiger partial charge in [-0.05, 0) is 57.4 Å². The number of hydrogen-bond donors (Lipinski definition) is 1. The smallest absolute Gasteiger partial charge is 0.117 e. The van der Waals surface area contributed by atoms with Gasteiger partial charge in [-0.2, -0.15) is 0 Å². The molecular formula is C21H25ClO2S. The second-order valence-electron chi connectivity index (χ2n) is 7.16. The quantitative estimate of drug-likeness (QED) is 0.624. The molecule has 25 heavy (non-hydrogen) atoms. The molecule has 0 unspecified atom stereocenters. The fourth-order valence-electron chi connectivity index (χ4n) is 3.12. The second kappa shape index (κ2) is 7.32. The molecule has 0 amide bonds. The molecule has 1 N–H and O–H groups in total. The summed E-state index contributed by atoms with van der Waals surface area (Å²) in [6, 6.07) is 13.9. The predicted octanol–water partition coefficient (Wildman–Crippen LogP) is 6.03. The van der Waals surface area contributed by atoms with Crippen molar-refractivity contribution in [1.82, 2.24) is 0 Å². The van der Waals surface area contributed by atoms with Crippen LogP contribution in [-0.2, 0) is 10.3 Å². The Kier molecular flexibility index (Phi) is 5.50. The fraction of sp³-hybridized carbons (Fsp3) is 0.429. The Balaban J connectivity index is 1.87. The fourth-order valence-corrected chi connectivity index (χ4v) is 4.50. The molecule has 134 valence electrons. The summed E-state index contributed by atoms with van der Waals surface area (Å²) < 4.78 is 5.97. The van der Waals surface area contributed by atoms with E-state index in [1.165, 1.54) is 0 Å². The number of aliphatic hydroxyl groups is 1. The number of fused-ring (bicyclic) bond motifs is 2. The third-order valence-electron chi connectivity index (χ3n) is 4.97. The summed E-state index contributed by atoms with van der Waals surface area (Å²) in [5.41, 5.74) is 0.717. The highest BCUT2D eigenvalue weighted by atomic mass is 35.5. The molecule has 1 aliphatic heterocycles. The van der Waals surface area contributed by atoms with Crippen LogP contribution in [0.25, 0.3) is 0 Å². The van der Waals surface area contributed by atoms with Crippen LogP contribution in [0.2, 0.25) is 5.02 Å². The molecule has 2 aromatic rings. The zero-order chi connectivity index (χ0) is 18.1. The van der Waals surface area contributed by atoms with Crippen molar-refractivity contribution in [2.75, 3.05) is 6.61 Å². The maximum absolute atomic E-state index is 11.7. The third kappa shape index (κ3) is 3.90. The van der Waals surface area contributed by atoms with Gasteiger partial charge < -0.3 is 9.84 Å². The Hall–Kier alpha value is -1.00. The van der Waals surface area contributed by atoms with Gasteiger partial charge in [-0.3, -0.25) is 0 Å². The zero-order valence-corrected chi connectivity index (χ0v) is 16.6. The minimum absolute atomic E-state index is 0.121. The van der Waals surface area contributed by atoms with Crippen LogP contribution in [0.15, 0.2) is 52.3 Å². The van der Waals surface area contributed by atoms with Crippen LogP contribution in [0.4, 0.5) is 0 Å². The van der Waals surface area contributed by atoms with Crippen molar-refractivity contribution in [2.24, 2.45) is 0 Å². The van der Waals surface area contributed by atoms with E-state index in [4.69, 9.17) is 16.3 Å². The third-order valence-corrected chi connectivity index (χ3v) is 6.35. The number of rotatable bonds is 6. The van der Waals surface area contributed by atoms with Crippen LogP contribution in [0.5, 0.6) is 0 Å². The molecule has 0 spiro atoms. The van der Waals surface area contributed by atoms with Gasteiger partial charge in [0.25, 0.3) is 0 Å². The minimum atomic E-state index is -1.03. The van der Waals surface area contributed by atoms with E-state index in [-0.39, 0.29) is 5.60 Å². The molecule has 0 aromatic heterocycles. The molecule has 2 aromatic carbocycles. The first-order valence-electron chi connectivity index (χ1n) is 8.79. The standard InChI is InChI=1S/C21H25ClO2S/c1-4-20(2,3)24-13-7-12-21(23)16-8-5-6-9-18(16)25-19-11-10-15(22)14-17(19)21/h5-6,8-11,14,23H,4,7,12-13H2,1-3H3/t21-/m0/s1. The summed E-state index contributed by atoms with van der Waals surface area (Å²) in [6.45, 7) is 6.96. The van der Waals surface area contributed by atoms with Crippen molar-refractivity contribution >= 4 is 23.4 Å². The lowest BCUT2D eigenvalue weighted by Gasteiger charge is -2.36. The van der Waals surface area contributed by atoms with Crippen molar-refractivity contribution in [1.29, 1.82) is 0 Å². The molecule has 1 atom stereocenters. The van der Waals surface area contributed by atoms with Crippen molar-refractivity contribution in [3.8, 4) is 0 Å². The van der Waals surface area contributed by atoms with E-state index in [2.05, 4.69) is 26.8 Å². The largest absolute Gasteiger partial charge is 0.380 e. The molecule has 1 heterocycles. The molecule has 0 bridgehead atoms. The summed E-state index contributed by atoms with van der Waals surface area (Å²) in [6.07, 6.45) is 2.36. The first-order chi connectivity index (χ1) is 11.9. The Bertz CT molecular complexity index is 759. The van der Waals surface area contributed by atoms with Crippen LogP contribution in [0, 0.1) is 0 Å². The van der Waals surface area contributed by atoms with E-state index in [0.717, 1.165) is 33.8 Å². The highest BCUT2D eigenvalue weighted by molar-refractivity contribution is 7.99. The van der Waals surface area contributed by atoms with E-state index < -0.39 is 5.60 Å². The molecule has 0 fully saturated rings. The molecule has 0 saturated carbocycles. The van der Waals surface area contributed by atoms with Gasteiger partial charge in [0, 0.05) is 32.5 Å². The van der Waals surface area contributed by atoms with Gasteiger partial charge in [-0.1, -0.05) is 48.5 Å². The van der Waals surface area contributed by atoms with E-state index in [1.54, 1.807) is 11.8 Å². The summed E-state index contributed by atoms with van der Waals surface area (Å²) >= 11 is 7.92. The molecule has 4 heteroatoms. The average Bonchev–Trinajstić information content (AvgIpc) is 2.60. The van der Waals surface area contributed by atoms with Gasteiger partial charge in [0.1, 0.15) is 5.60 Å². The van der Waals surface area contributed by atoms with E-state index in [0.29, 0.717) is 18.1 Å². The van der Waals surface area contributed by atoms with E-state index in [1.807, 2.05) is 36.4 Å². The first kappa shape index (κ1) is 18.8. The maximum atomic E-state index is 11.7. The number of halogens is 1. The highest BCUT2D eigenvalue weighted by Gasteiger charge is 2.39. The molecule has 3 rings (SSSR count). The Morgan fingerprint density at radius 3 is 2.60 bits per heavy atom. The van der Waals surface area contributed by atoms with Gasteiger partial charge in [-0.25, -0.2) is 0 Å². The lowest BCUT2D eigenvalue weighted by molar-refractivity contribution is -0.0307. The van der Waals surface area contributed by atoms with Crippen LogP contribution < -0.4 is 0 Å². The summed E-state index contributed by atoms with van der Waals surface area (Å²) in [5, 5.41) is 12.3. The summed E-state index contributed by atoms with van der Waals surface area (Å²) in [4.78, 5) is 2.18. The average molecular weight is 377 g/mol. The normalized spacial score (nSPS) is 19.4. The molecule has 0 aliphatic carbocycles. The monoisotopic (exact) mass is 376 g/mol. The lowest BCUT2D eigenvalue weighted by Crippen LogP contribution is -2.32. The number of ether oxygens (including phenoxy) is 1. The van der Waals surface area contributed by atoms with Crippen molar-refractivity contribution in [3.63, 3.8) is 0 Å². The van der Waals surface area contributed by atoms with Crippen molar-refractivity contribution < 1.29 is 9.84 Å². The summed E-state index contributed by atoms with van der Waals surface area (Å²) in [5.74, 6) is 0. The zero-order valence-electron chi connectivity index (χ0n) is 15.0. The van der Waals surface area contributed by atoms with Crippen molar-refractivity contribution in [2.45, 2.75) is 61.0 Å². The maximum Gasteiger partial charge on any atom is 0.117 e. The molecule has 0 saturated heterocycles. The summed E-state index contributed by atoms with van der Waals surface area (Å²) in [7, 11) is 0. The molecule has 2 nitrogen and oxygen atoms in total. The van der Waals surface area contributed by atoms with Crippen LogP contribution in [-0.4, -0.2) is 17.3 Å². The molecular weight excluding hydrogens is 352 g/mol. The van der Waals surface area contributed by atoms with Crippen LogP contribution in [0.3, 0.4) is 0 Å². The highest BCUT2D eigenvalue weighted by Crippen LogP contribution is 2.50. The van der Waals surface area contributed by atoms with Gasteiger partial charge in [0.2, 0.25) is 0 Å². The topological polar surface area (TPSA) is 29.5 Å². The number of benzene rings is 2. The van der Waals surface area contributed by atoms with E-state index >= 15 is 0 Å². The molecule has 0 radical (unpaired) electrons. The molecule has 1 aliphatic rings. The Labute approximate surface area is 159 Å². The minimum Gasteiger partial charge on any atom is -0.380 e. The Morgan fingerprint density at radius 1 is 1.12 bits per heavy atom. The van der Waals surface area contributed by atoms with E-state index in [9.17, 15) is 5.11 Å². The van der Waals surface area contributed by atoms with Gasteiger partial charge in [0.05, 0.1) is 5.60 Å². The van der Waals surface area contributed by atoms with Gasteiger partial charge in [0.15, 0.2) is 0 Å². The second-order valence-corrected chi connectivity index (χ2v) is 8.68. The first-order valence-corrected chi connectivity index (χ1v) is 9.99. The lowest BCUT2D eigenvalue weighted by atomic mass is 9.82. The number of hydrogen-bond acceptors (Lipinski definition) is 3. The van der Waals surface area contributed by atoms with Gasteiger partial charge >= 0.3 is 0 Å². The van der Waals surface area contributed by atoms with Crippen molar-refractivity contribution in [3.05, 3.63) is 58.6 Å². The predicted molar refractivity (Wildman–Crippen MR) is 105 cm³/mol.